The van der Waals surface area contributed by atoms with Crippen LogP contribution < -0.4 is 0 Å². The zero-order valence-electron chi connectivity index (χ0n) is 13.7. The first-order chi connectivity index (χ1) is 8.62. The smallest absolute Gasteiger partial charge is 0.308 e. The number of esters is 1. The molecule has 0 radical (unpaired) electrons. The molecule has 0 fully saturated rings. The number of carbonyl (C=O) groups is 1. The number of allylic oxidation sites excluding steroid dienone is 2. The zero-order valence-corrected chi connectivity index (χ0v) is 13.7. The summed E-state index contributed by atoms with van der Waals surface area (Å²) in [5, 5.41) is 0. The summed E-state index contributed by atoms with van der Waals surface area (Å²) >= 11 is 0. The van der Waals surface area contributed by atoms with Crippen LogP contribution in [0.5, 0.6) is 0 Å². The first kappa shape index (κ1) is 16.0. The van der Waals surface area contributed by atoms with Crippen molar-refractivity contribution in [3.05, 3.63) is 22.3 Å². The highest BCUT2D eigenvalue weighted by Crippen LogP contribution is 2.46. The fourth-order valence-corrected chi connectivity index (χ4v) is 2.51. The van der Waals surface area contributed by atoms with Crippen LogP contribution in [0.3, 0.4) is 0 Å². The van der Waals surface area contributed by atoms with E-state index in [1.54, 1.807) is 0 Å². The lowest BCUT2D eigenvalue weighted by Gasteiger charge is -2.29. The molecule has 1 aliphatic rings. The normalized spacial score (nSPS) is 20.3. The Morgan fingerprint density at radius 3 is 1.84 bits per heavy atom. The van der Waals surface area contributed by atoms with Crippen LogP contribution in [0.1, 0.15) is 55.4 Å². The standard InChI is InChI=1S/C17H28O2/c1-10(2)11(3)16(18)19-9-17(8)14(6)12(4)13(5)15(17)7/h10-11H,9H2,1-8H3. The molecule has 0 heterocycles. The largest absolute Gasteiger partial charge is 0.464 e. The molecule has 0 amide bonds. The van der Waals surface area contributed by atoms with Crippen LogP contribution >= 0.6 is 0 Å². The van der Waals surface area contributed by atoms with Crippen molar-refractivity contribution in [1.29, 1.82) is 0 Å². The molecule has 1 atom stereocenters. The minimum Gasteiger partial charge on any atom is -0.464 e. The Kier molecular flexibility index (Phi) is 4.65. The van der Waals surface area contributed by atoms with Crippen LogP contribution in [-0.4, -0.2) is 12.6 Å². The third-order valence-electron chi connectivity index (χ3n) is 5.22. The van der Waals surface area contributed by atoms with E-state index in [0.717, 1.165) is 0 Å². The highest BCUT2D eigenvalue weighted by Gasteiger charge is 2.37. The Morgan fingerprint density at radius 2 is 1.47 bits per heavy atom. The fourth-order valence-electron chi connectivity index (χ4n) is 2.51. The molecule has 0 aromatic heterocycles. The number of hydrogen-bond acceptors (Lipinski definition) is 2. The Morgan fingerprint density at radius 1 is 1.05 bits per heavy atom. The van der Waals surface area contributed by atoms with Gasteiger partial charge in [0, 0.05) is 5.41 Å². The van der Waals surface area contributed by atoms with E-state index in [-0.39, 0.29) is 17.3 Å². The van der Waals surface area contributed by atoms with Gasteiger partial charge in [0.05, 0.1) is 5.92 Å². The molecule has 108 valence electrons. The van der Waals surface area contributed by atoms with E-state index in [0.29, 0.717) is 12.5 Å². The molecule has 0 N–H and O–H groups in total. The van der Waals surface area contributed by atoms with Crippen LogP contribution in [-0.2, 0) is 9.53 Å². The predicted molar refractivity (Wildman–Crippen MR) is 79.8 cm³/mol. The van der Waals surface area contributed by atoms with Crippen molar-refractivity contribution < 1.29 is 9.53 Å². The molecule has 1 rings (SSSR count). The summed E-state index contributed by atoms with van der Waals surface area (Å²) in [6, 6.07) is 0. The van der Waals surface area contributed by atoms with E-state index in [2.05, 4.69) is 34.6 Å². The van der Waals surface area contributed by atoms with Crippen molar-refractivity contribution in [2.24, 2.45) is 17.3 Å². The monoisotopic (exact) mass is 264 g/mol. The average molecular weight is 264 g/mol. The molecule has 0 bridgehead atoms. The van der Waals surface area contributed by atoms with Gasteiger partial charge in [-0.1, -0.05) is 31.9 Å². The number of hydrogen-bond donors (Lipinski definition) is 0. The molecular weight excluding hydrogens is 236 g/mol. The van der Waals surface area contributed by atoms with Crippen molar-refractivity contribution in [3.63, 3.8) is 0 Å². The van der Waals surface area contributed by atoms with Crippen LogP contribution in [0.15, 0.2) is 22.3 Å². The second kappa shape index (κ2) is 5.52. The Hall–Kier alpha value is -1.05. The van der Waals surface area contributed by atoms with Crippen molar-refractivity contribution in [2.45, 2.75) is 55.4 Å². The number of rotatable bonds is 4. The molecule has 0 aromatic carbocycles. The summed E-state index contributed by atoms with van der Waals surface area (Å²) in [7, 11) is 0. The van der Waals surface area contributed by atoms with Gasteiger partial charge in [-0.15, -0.1) is 0 Å². The average Bonchev–Trinajstić information content (AvgIpc) is 2.51. The lowest BCUT2D eigenvalue weighted by molar-refractivity contribution is -0.151. The molecule has 0 saturated heterocycles. The predicted octanol–water partition coefficient (Wildman–Crippen LogP) is 4.51. The summed E-state index contributed by atoms with van der Waals surface area (Å²) in [5.74, 6) is 0.195. The van der Waals surface area contributed by atoms with Crippen molar-refractivity contribution >= 4 is 5.97 Å². The van der Waals surface area contributed by atoms with Crippen LogP contribution in [0.2, 0.25) is 0 Å². The van der Waals surface area contributed by atoms with Gasteiger partial charge >= 0.3 is 5.97 Å². The quantitative estimate of drug-likeness (QED) is 0.698. The van der Waals surface area contributed by atoms with Crippen LogP contribution in [0.4, 0.5) is 0 Å². The van der Waals surface area contributed by atoms with E-state index in [4.69, 9.17) is 4.74 Å². The second-order valence-electron chi connectivity index (χ2n) is 6.47. The Balaban J connectivity index is 2.81. The maximum Gasteiger partial charge on any atom is 0.308 e. The van der Waals surface area contributed by atoms with Gasteiger partial charge in [-0.25, -0.2) is 0 Å². The Bertz CT molecular complexity index is 414. The third kappa shape index (κ3) is 2.77. The third-order valence-corrected chi connectivity index (χ3v) is 5.22. The van der Waals surface area contributed by atoms with Gasteiger partial charge < -0.3 is 4.74 Å². The van der Waals surface area contributed by atoms with Gasteiger partial charge in [-0.2, -0.15) is 0 Å². The summed E-state index contributed by atoms with van der Waals surface area (Å²) in [4.78, 5) is 12.0. The van der Waals surface area contributed by atoms with Gasteiger partial charge in [-0.3, -0.25) is 4.79 Å². The summed E-state index contributed by atoms with van der Waals surface area (Å²) in [6.45, 7) is 17.3. The van der Waals surface area contributed by atoms with E-state index in [1.807, 2.05) is 20.8 Å². The first-order valence-electron chi connectivity index (χ1n) is 7.15. The highest BCUT2D eigenvalue weighted by molar-refractivity contribution is 5.72. The molecule has 0 aromatic rings. The first-order valence-corrected chi connectivity index (χ1v) is 7.15. The molecule has 1 unspecified atom stereocenters. The number of ether oxygens (including phenoxy) is 1. The van der Waals surface area contributed by atoms with Crippen LogP contribution in [0, 0.1) is 17.3 Å². The van der Waals surface area contributed by atoms with Gasteiger partial charge in [0.2, 0.25) is 0 Å². The molecule has 0 spiro atoms. The second-order valence-corrected chi connectivity index (χ2v) is 6.47. The molecular formula is C17H28O2. The lowest BCUT2D eigenvalue weighted by atomic mass is 9.80. The van der Waals surface area contributed by atoms with Crippen molar-refractivity contribution in [3.8, 4) is 0 Å². The summed E-state index contributed by atoms with van der Waals surface area (Å²) < 4.78 is 5.58. The van der Waals surface area contributed by atoms with Gasteiger partial charge in [0.1, 0.15) is 6.61 Å². The maximum absolute atomic E-state index is 12.0. The van der Waals surface area contributed by atoms with Crippen molar-refractivity contribution in [2.75, 3.05) is 6.61 Å². The van der Waals surface area contributed by atoms with Gasteiger partial charge in [-0.05, 0) is 51.7 Å². The lowest BCUT2D eigenvalue weighted by Crippen LogP contribution is -2.29. The van der Waals surface area contributed by atoms with Gasteiger partial charge in [0.25, 0.3) is 0 Å². The molecule has 0 saturated carbocycles. The molecule has 2 nitrogen and oxygen atoms in total. The summed E-state index contributed by atoms with van der Waals surface area (Å²) in [6.07, 6.45) is 0. The van der Waals surface area contributed by atoms with Crippen molar-refractivity contribution in [1.82, 2.24) is 0 Å². The van der Waals surface area contributed by atoms with E-state index in [9.17, 15) is 4.79 Å². The van der Waals surface area contributed by atoms with E-state index >= 15 is 0 Å². The molecule has 1 aliphatic carbocycles. The zero-order chi connectivity index (χ0) is 15.0. The van der Waals surface area contributed by atoms with E-state index in [1.165, 1.54) is 22.3 Å². The topological polar surface area (TPSA) is 26.3 Å². The minimum absolute atomic E-state index is 0.0410. The molecule has 0 aliphatic heterocycles. The fraction of sp³-hybridized carbons (Fsp3) is 0.706. The molecule has 2 heteroatoms. The molecule has 19 heavy (non-hydrogen) atoms. The Labute approximate surface area is 117 Å². The van der Waals surface area contributed by atoms with E-state index < -0.39 is 0 Å². The van der Waals surface area contributed by atoms with Gasteiger partial charge in [0.15, 0.2) is 0 Å². The highest BCUT2D eigenvalue weighted by atomic mass is 16.5. The van der Waals surface area contributed by atoms with Crippen LogP contribution in [0.25, 0.3) is 0 Å². The summed E-state index contributed by atoms with van der Waals surface area (Å²) in [5.41, 5.74) is 5.21. The maximum atomic E-state index is 12.0. The minimum atomic E-state index is -0.124. The number of carbonyl (C=O) groups excluding carboxylic acids is 1. The SMILES string of the molecule is CC1=C(C)C(C)(COC(=O)C(C)C(C)C)C(C)=C1C.